The Morgan fingerprint density at radius 3 is 2.62 bits per heavy atom. The number of rotatable bonds is 7. The Morgan fingerprint density at radius 2 is 1.79 bits per heavy atom. The predicted octanol–water partition coefficient (Wildman–Crippen LogP) is 4.43. The van der Waals surface area contributed by atoms with Crippen LogP contribution in [0.1, 0.15) is 11.3 Å². The summed E-state index contributed by atoms with van der Waals surface area (Å²) in [5, 5.41) is 1.17. The van der Waals surface area contributed by atoms with Crippen LogP contribution in [0.15, 0.2) is 73.3 Å². The average Bonchev–Trinajstić information content (AvgIpc) is 2.62. The van der Waals surface area contributed by atoms with E-state index in [9.17, 15) is 0 Å². The molecule has 3 heteroatoms. The molecule has 0 bridgehead atoms. The molecule has 1 aromatic heterocycles. The quantitative estimate of drug-likeness (QED) is 0.603. The van der Waals surface area contributed by atoms with Crippen LogP contribution in [0.5, 0.6) is 5.75 Å². The van der Waals surface area contributed by atoms with Gasteiger partial charge in [-0.1, -0.05) is 48.5 Å². The molecule has 0 aliphatic heterocycles. The molecule has 0 fully saturated rings. The first kappa shape index (κ1) is 16.2. The number of fused-ring (bicyclic) bond motifs is 1. The summed E-state index contributed by atoms with van der Waals surface area (Å²) in [7, 11) is 1.71. The lowest BCUT2D eigenvalue weighted by atomic mass is 10.1. The van der Waals surface area contributed by atoms with E-state index in [-0.39, 0.29) is 0 Å². The molecule has 0 aliphatic rings. The van der Waals surface area contributed by atoms with Gasteiger partial charge in [0.25, 0.3) is 0 Å². The van der Waals surface area contributed by atoms with Crippen LogP contribution in [0.25, 0.3) is 10.9 Å². The van der Waals surface area contributed by atoms with Crippen LogP contribution in [-0.2, 0) is 13.1 Å². The Bertz CT molecular complexity index is 829. The summed E-state index contributed by atoms with van der Waals surface area (Å²) in [4.78, 5) is 7.08. The van der Waals surface area contributed by atoms with Crippen LogP contribution >= 0.6 is 0 Å². The van der Waals surface area contributed by atoms with Crippen molar-refractivity contribution in [3.63, 3.8) is 0 Å². The molecule has 0 radical (unpaired) electrons. The summed E-state index contributed by atoms with van der Waals surface area (Å²) < 4.78 is 5.46. The van der Waals surface area contributed by atoms with Gasteiger partial charge >= 0.3 is 0 Å². The molecule has 0 saturated heterocycles. The van der Waals surface area contributed by atoms with Crippen LogP contribution in [-0.4, -0.2) is 23.5 Å². The SMILES string of the molecule is C=CCN(Cc1ccc2ccccc2n1)Cc1ccccc1OC. The fourth-order valence-corrected chi connectivity index (χ4v) is 2.87. The normalized spacial score (nSPS) is 10.9. The highest BCUT2D eigenvalue weighted by molar-refractivity contribution is 5.78. The van der Waals surface area contributed by atoms with Crippen molar-refractivity contribution in [3.8, 4) is 5.75 Å². The van der Waals surface area contributed by atoms with Gasteiger partial charge in [0.1, 0.15) is 5.75 Å². The number of benzene rings is 2. The van der Waals surface area contributed by atoms with Crippen LogP contribution in [0.4, 0.5) is 0 Å². The number of pyridine rings is 1. The molecular formula is C21H22N2O. The van der Waals surface area contributed by atoms with Crippen molar-refractivity contribution in [1.29, 1.82) is 0 Å². The first-order valence-corrected chi connectivity index (χ1v) is 8.10. The number of hydrogen-bond acceptors (Lipinski definition) is 3. The summed E-state index contributed by atoms with van der Waals surface area (Å²) in [6, 6.07) is 20.6. The molecule has 0 spiro atoms. The molecule has 122 valence electrons. The van der Waals surface area contributed by atoms with Crippen molar-refractivity contribution in [3.05, 3.63) is 84.6 Å². The number of para-hydroxylation sites is 2. The highest BCUT2D eigenvalue weighted by atomic mass is 16.5. The molecule has 3 rings (SSSR count). The number of nitrogens with zero attached hydrogens (tertiary/aromatic N) is 2. The topological polar surface area (TPSA) is 25.4 Å². The van der Waals surface area contributed by atoms with Crippen molar-refractivity contribution in [2.75, 3.05) is 13.7 Å². The monoisotopic (exact) mass is 318 g/mol. The Hall–Kier alpha value is -2.65. The minimum Gasteiger partial charge on any atom is -0.496 e. The molecule has 1 heterocycles. The fourth-order valence-electron chi connectivity index (χ4n) is 2.87. The Labute approximate surface area is 143 Å². The van der Waals surface area contributed by atoms with Crippen molar-refractivity contribution in [2.24, 2.45) is 0 Å². The molecule has 0 saturated carbocycles. The summed E-state index contributed by atoms with van der Waals surface area (Å²) in [5.74, 6) is 0.915. The van der Waals surface area contributed by atoms with Gasteiger partial charge in [0.15, 0.2) is 0 Å². The summed E-state index contributed by atoms with van der Waals surface area (Å²) >= 11 is 0. The molecule has 0 unspecified atom stereocenters. The molecule has 24 heavy (non-hydrogen) atoms. The van der Waals surface area contributed by atoms with E-state index < -0.39 is 0 Å². The van der Waals surface area contributed by atoms with Gasteiger partial charge in [0.05, 0.1) is 18.3 Å². The summed E-state index contributed by atoms with van der Waals surface area (Å²) in [6.45, 7) is 6.25. The van der Waals surface area contributed by atoms with E-state index in [2.05, 4.69) is 41.8 Å². The molecule has 3 nitrogen and oxygen atoms in total. The van der Waals surface area contributed by atoms with Crippen molar-refractivity contribution in [1.82, 2.24) is 9.88 Å². The van der Waals surface area contributed by atoms with Crippen LogP contribution < -0.4 is 4.74 Å². The zero-order valence-corrected chi connectivity index (χ0v) is 14.0. The largest absolute Gasteiger partial charge is 0.496 e. The van der Waals surface area contributed by atoms with Crippen molar-refractivity contribution in [2.45, 2.75) is 13.1 Å². The van der Waals surface area contributed by atoms with Gasteiger partial charge in [-0.25, -0.2) is 0 Å². The zero-order valence-electron chi connectivity index (χ0n) is 14.0. The third kappa shape index (κ3) is 3.81. The number of hydrogen-bond donors (Lipinski definition) is 0. The lowest BCUT2D eigenvalue weighted by molar-refractivity contribution is 0.277. The molecule has 0 amide bonds. The zero-order chi connectivity index (χ0) is 16.8. The highest BCUT2D eigenvalue weighted by Gasteiger charge is 2.10. The smallest absolute Gasteiger partial charge is 0.123 e. The number of aromatic nitrogens is 1. The van der Waals surface area contributed by atoms with Gasteiger partial charge in [0.2, 0.25) is 0 Å². The lowest BCUT2D eigenvalue weighted by Gasteiger charge is -2.21. The predicted molar refractivity (Wildman–Crippen MR) is 99.0 cm³/mol. The third-order valence-corrected chi connectivity index (χ3v) is 4.02. The van der Waals surface area contributed by atoms with E-state index >= 15 is 0 Å². The third-order valence-electron chi connectivity index (χ3n) is 4.02. The van der Waals surface area contributed by atoms with E-state index in [4.69, 9.17) is 9.72 Å². The lowest BCUT2D eigenvalue weighted by Crippen LogP contribution is -2.23. The molecule has 0 atom stereocenters. The van der Waals surface area contributed by atoms with Gasteiger partial charge in [-0.3, -0.25) is 9.88 Å². The first-order valence-electron chi connectivity index (χ1n) is 8.10. The Kier molecular flexibility index (Phi) is 5.24. The Balaban J connectivity index is 1.81. The maximum absolute atomic E-state index is 5.46. The van der Waals surface area contributed by atoms with Gasteiger partial charge in [0, 0.05) is 30.6 Å². The maximum Gasteiger partial charge on any atom is 0.123 e. The Morgan fingerprint density at radius 1 is 1.00 bits per heavy atom. The van der Waals surface area contributed by atoms with E-state index in [0.29, 0.717) is 0 Å². The first-order chi connectivity index (χ1) is 11.8. The van der Waals surface area contributed by atoms with Crippen LogP contribution in [0.3, 0.4) is 0 Å². The van der Waals surface area contributed by atoms with Gasteiger partial charge in [-0.2, -0.15) is 0 Å². The van der Waals surface area contributed by atoms with Crippen LogP contribution in [0, 0.1) is 0 Å². The van der Waals surface area contributed by atoms with Crippen molar-refractivity contribution >= 4 is 10.9 Å². The van der Waals surface area contributed by atoms with Gasteiger partial charge in [-0.15, -0.1) is 6.58 Å². The van der Waals surface area contributed by atoms with Gasteiger partial charge < -0.3 is 4.74 Å². The number of ether oxygens (including phenoxy) is 1. The van der Waals surface area contributed by atoms with Crippen LogP contribution in [0.2, 0.25) is 0 Å². The molecule has 0 N–H and O–H groups in total. The standard InChI is InChI=1S/C21H22N2O/c1-3-14-23(15-18-9-5-7-11-21(18)24-2)16-19-13-12-17-8-4-6-10-20(17)22-19/h3-13H,1,14-16H2,2H3. The van der Waals surface area contributed by atoms with Gasteiger partial charge in [-0.05, 0) is 18.2 Å². The summed E-state index contributed by atoms with van der Waals surface area (Å²) in [6.07, 6.45) is 1.93. The minimum absolute atomic E-state index is 0.773. The van der Waals surface area contributed by atoms with E-state index in [1.807, 2.05) is 36.4 Å². The second-order valence-electron chi connectivity index (χ2n) is 5.77. The molecule has 2 aromatic carbocycles. The second kappa shape index (κ2) is 7.75. The molecule has 3 aromatic rings. The average molecular weight is 318 g/mol. The molecular weight excluding hydrogens is 296 g/mol. The number of methoxy groups -OCH3 is 1. The highest BCUT2D eigenvalue weighted by Crippen LogP contribution is 2.20. The van der Waals surface area contributed by atoms with E-state index in [1.54, 1.807) is 7.11 Å². The second-order valence-corrected chi connectivity index (χ2v) is 5.77. The van der Waals surface area contributed by atoms with E-state index in [0.717, 1.165) is 36.6 Å². The van der Waals surface area contributed by atoms with E-state index in [1.165, 1.54) is 10.9 Å². The van der Waals surface area contributed by atoms with Crippen molar-refractivity contribution < 1.29 is 4.74 Å². The summed E-state index contributed by atoms with van der Waals surface area (Å²) in [5.41, 5.74) is 3.26. The molecule has 0 aliphatic carbocycles. The maximum atomic E-state index is 5.46. The fraction of sp³-hybridized carbons (Fsp3) is 0.190. The minimum atomic E-state index is 0.773.